The fourth-order valence-corrected chi connectivity index (χ4v) is 4.51. The van der Waals surface area contributed by atoms with E-state index >= 15 is 0 Å². The van der Waals surface area contributed by atoms with Gasteiger partial charge in [-0.25, -0.2) is 14.0 Å². The van der Waals surface area contributed by atoms with Gasteiger partial charge in [0.1, 0.15) is 18.5 Å². The minimum absolute atomic E-state index is 0.0770. The zero-order valence-corrected chi connectivity index (χ0v) is 24.0. The lowest BCUT2D eigenvalue weighted by atomic mass is 10.0. The molecule has 0 saturated carbocycles. The molecular formula is C31H36FN7O5. The van der Waals surface area contributed by atoms with Crippen LogP contribution in [0.15, 0.2) is 90.8 Å². The zero-order valence-electron chi connectivity index (χ0n) is 24.0. The van der Waals surface area contributed by atoms with Crippen molar-refractivity contribution in [2.24, 2.45) is 5.73 Å². The van der Waals surface area contributed by atoms with Crippen LogP contribution in [-0.2, 0) is 29.2 Å². The summed E-state index contributed by atoms with van der Waals surface area (Å²) < 4.78 is 19.0. The molecule has 232 valence electrons. The minimum atomic E-state index is -0.747. The first-order chi connectivity index (χ1) is 21.3. The number of halogens is 1. The lowest BCUT2D eigenvalue weighted by Gasteiger charge is -2.26. The van der Waals surface area contributed by atoms with E-state index < -0.39 is 24.2 Å². The zero-order chi connectivity index (χ0) is 31.3. The molecule has 0 bridgehead atoms. The van der Waals surface area contributed by atoms with Gasteiger partial charge in [0.15, 0.2) is 0 Å². The van der Waals surface area contributed by atoms with Gasteiger partial charge in [-0.05, 0) is 60.2 Å². The van der Waals surface area contributed by atoms with Crippen LogP contribution in [0.2, 0.25) is 0 Å². The summed E-state index contributed by atoms with van der Waals surface area (Å²) in [7, 11) is 0. The number of carbonyl (C=O) groups is 3. The lowest BCUT2D eigenvalue weighted by molar-refractivity contribution is -0.121. The number of alkyl carbamates (subject to hydrolysis) is 1. The van der Waals surface area contributed by atoms with Crippen molar-refractivity contribution in [3.8, 4) is 0 Å². The number of ether oxygens (including phenoxy) is 1. The number of urea groups is 1. The topological polar surface area (TPSA) is 170 Å². The van der Waals surface area contributed by atoms with Crippen LogP contribution in [0.5, 0.6) is 0 Å². The van der Waals surface area contributed by atoms with Gasteiger partial charge in [-0.3, -0.25) is 9.80 Å². The second-order valence-corrected chi connectivity index (χ2v) is 10.1. The smallest absolute Gasteiger partial charge is 0.408 e. The number of nitrogens with zero attached hydrogens (tertiary/aromatic N) is 1. The van der Waals surface area contributed by atoms with Gasteiger partial charge < -0.3 is 37.0 Å². The number of rotatable bonds is 14. The number of aliphatic hydroxyl groups excluding tert-OH is 1. The number of nitrogens with one attached hydrogen (secondary N) is 5. The number of hydrogen-bond acceptors (Lipinski definition) is 8. The third-order valence-corrected chi connectivity index (χ3v) is 6.84. The van der Waals surface area contributed by atoms with Gasteiger partial charge in [-0.2, -0.15) is 0 Å². The van der Waals surface area contributed by atoms with E-state index in [-0.39, 0.29) is 31.5 Å². The van der Waals surface area contributed by atoms with E-state index in [1.165, 1.54) is 12.1 Å². The van der Waals surface area contributed by atoms with E-state index in [2.05, 4.69) is 26.9 Å². The van der Waals surface area contributed by atoms with Gasteiger partial charge in [-0.1, -0.05) is 54.6 Å². The van der Waals surface area contributed by atoms with E-state index in [4.69, 9.17) is 10.5 Å². The van der Waals surface area contributed by atoms with Crippen molar-refractivity contribution in [1.82, 2.24) is 26.6 Å². The fraction of sp³-hybridized carbons (Fsp3) is 0.258. The Morgan fingerprint density at radius 3 is 2.34 bits per heavy atom. The van der Waals surface area contributed by atoms with Crippen molar-refractivity contribution in [2.75, 3.05) is 11.9 Å². The molecule has 0 saturated heterocycles. The monoisotopic (exact) mass is 605 g/mol. The number of nitrogens with two attached hydrogens (primary N) is 1. The highest BCUT2D eigenvalue weighted by molar-refractivity contribution is 5.95. The van der Waals surface area contributed by atoms with Crippen molar-refractivity contribution in [3.05, 3.63) is 113 Å². The normalized spacial score (nSPS) is 13.7. The number of benzene rings is 3. The number of amides is 4. The molecule has 44 heavy (non-hydrogen) atoms. The molecule has 0 radical (unpaired) electrons. The highest BCUT2D eigenvalue weighted by Gasteiger charge is 2.30. The van der Waals surface area contributed by atoms with Crippen LogP contribution in [0, 0.1) is 5.82 Å². The highest BCUT2D eigenvalue weighted by atomic mass is 19.1. The number of carbonyl (C=O) groups excluding carboxylic acids is 3. The first-order valence-electron chi connectivity index (χ1n) is 14.1. The van der Waals surface area contributed by atoms with Crippen molar-refractivity contribution in [1.29, 1.82) is 0 Å². The third kappa shape index (κ3) is 9.71. The van der Waals surface area contributed by atoms with Crippen LogP contribution < -0.4 is 32.6 Å². The van der Waals surface area contributed by atoms with Crippen LogP contribution in [-0.4, -0.2) is 46.8 Å². The molecule has 0 unspecified atom stereocenters. The summed E-state index contributed by atoms with van der Waals surface area (Å²) in [5, 5.41) is 19.1. The van der Waals surface area contributed by atoms with Crippen LogP contribution >= 0.6 is 0 Å². The van der Waals surface area contributed by atoms with E-state index in [1.807, 2.05) is 30.3 Å². The Hall–Kier alpha value is -5.14. The average Bonchev–Trinajstić information content (AvgIpc) is 3.51. The van der Waals surface area contributed by atoms with Crippen molar-refractivity contribution < 1.29 is 28.6 Å². The van der Waals surface area contributed by atoms with Gasteiger partial charge in [0.2, 0.25) is 5.91 Å². The van der Waals surface area contributed by atoms with Gasteiger partial charge >= 0.3 is 12.1 Å². The Labute approximate surface area is 254 Å². The molecule has 0 aliphatic carbocycles. The summed E-state index contributed by atoms with van der Waals surface area (Å²) in [6.45, 7) is 0.228. The van der Waals surface area contributed by atoms with Gasteiger partial charge in [0.25, 0.3) is 0 Å². The molecule has 4 amide bonds. The van der Waals surface area contributed by atoms with Crippen LogP contribution in [0.25, 0.3) is 0 Å². The largest absolute Gasteiger partial charge is 0.445 e. The molecule has 0 fully saturated rings. The second kappa shape index (κ2) is 15.9. The molecule has 13 heteroatoms. The molecule has 1 aliphatic rings. The first kappa shape index (κ1) is 31.8. The van der Waals surface area contributed by atoms with Crippen LogP contribution in [0.4, 0.5) is 19.7 Å². The Bertz CT molecular complexity index is 1420. The van der Waals surface area contributed by atoms with Crippen molar-refractivity contribution >= 4 is 23.7 Å². The van der Waals surface area contributed by atoms with E-state index in [0.29, 0.717) is 36.2 Å². The molecule has 2 atom stereocenters. The predicted molar refractivity (Wildman–Crippen MR) is 161 cm³/mol. The summed E-state index contributed by atoms with van der Waals surface area (Å²) in [6.07, 6.45) is 2.08. The molecule has 0 aromatic heterocycles. The Morgan fingerprint density at radius 2 is 1.66 bits per heavy atom. The van der Waals surface area contributed by atoms with Gasteiger partial charge in [0, 0.05) is 18.4 Å². The number of hydrazine groups is 2. The first-order valence-corrected chi connectivity index (χ1v) is 14.1. The summed E-state index contributed by atoms with van der Waals surface area (Å²) in [6, 6.07) is 20.0. The summed E-state index contributed by atoms with van der Waals surface area (Å²) in [5.74, 6) is -0.713. The molecular weight excluding hydrogens is 569 g/mol. The standard InChI is InChI=1S/C31H36FN7O5/c32-24-12-8-21(9-13-24)17-26(36-31(43)44-20-23-5-2-1-3-6-23)27-18-39(38-37-27)28(7-4-16-34-30(33)42)29(41)35-25-14-10-22(19-40)11-15-25/h1-3,5-6,8-15,18,26,28,37-38,40H,4,7,16-17,19-20H2,(H,35,41)(H,36,43)(H3,33,34,42)/t26-,28+/m1/s1. The number of anilines is 1. The molecule has 1 aliphatic heterocycles. The summed E-state index contributed by atoms with van der Waals surface area (Å²) in [5.41, 5.74) is 14.6. The SMILES string of the molecule is NC(=O)NCCC[C@@H](C(=O)Nc1ccc(CO)cc1)N1C=C([C@@H](Cc2ccc(F)cc2)NC(=O)OCc2ccccc2)NN1. The summed E-state index contributed by atoms with van der Waals surface area (Å²) >= 11 is 0. The maximum atomic E-state index is 13.6. The molecule has 1 heterocycles. The maximum absolute atomic E-state index is 13.6. The van der Waals surface area contributed by atoms with E-state index in [0.717, 1.165) is 11.1 Å². The van der Waals surface area contributed by atoms with Crippen LogP contribution in [0.1, 0.15) is 29.5 Å². The fourth-order valence-electron chi connectivity index (χ4n) is 4.51. The molecule has 12 nitrogen and oxygen atoms in total. The number of primary amides is 1. The van der Waals surface area contributed by atoms with Crippen molar-refractivity contribution in [2.45, 2.75) is 44.6 Å². The van der Waals surface area contributed by atoms with Crippen LogP contribution in [0.3, 0.4) is 0 Å². The third-order valence-electron chi connectivity index (χ3n) is 6.84. The quantitative estimate of drug-likeness (QED) is 0.138. The molecule has 8 N–H and O–H groups in total. The second-order valence-electron chi connectivity index (χ2n) is 10.1. The Morgan fingerprint density at radius 1 is 0.955 bits per heavy atom. The highest BCUT2D eigenvalue weighted by Crippen LogP contribution is 2.18. The molecule has 0 spiro atoms. The average molecular weight is 606 g/mol. The molecule has 3 aromatic rings. The summed E-state index contributed by atoms with van der Waals surface area (Å²) in [4.78, 5) is 37.4. The van der Waals surface area contributed by atoms with Crippen molar-refractivity contribution in [3.63, 3.8) is 0 Å². The van der Waals surface area contributed by atoms with E-state index in [9.17, 15) is 23.9 Å². The predicted octanol–water partition coefficient (Wildman–Crippen LogP) is 2.78. The number of aliphatic hydroxyl groups is 1. The molecule has 4 rings (SSSR count). The van der Waals surface area contributed by atoms with Gasteiger partial charge in [-0.15, -0.1) is 5.53 Å². The number of hydrogen-bond donors (Lipinski definition) is 7. The molecule has 3 aromatic carbocycles. The minimum Gasteiger partial charge on any atom is -0.445 e. The van der Waals surface area contributed by atoms with E-state index in [1.54, 1.807) is 47.6 Å². The Balaban J connectivity index is 1.50. The lowest BCUT2D eigenvalue weighted by Crippen LogP contribution is -2.50. The maximum Gasteiger partial charge on any atom is 0.408 e. The van der Waals surface area contributed by atoms with Gasteiger partial charge in [0.05, 0.1) is 18.3 Å². The Kier molecular flexibility index (Phi) is 11.5.